The molecule has 4 N–H and O–H groups in total. The molecule has 0 saturated heterocycles. The lowest BCUT2D eigenvalue weighted by Gasteiger charge is -2.19. The molecule has 4 aromatic rings. The summed E-state index contributed by atoms with van der Waals surface area (Å²) in [7, 11) is -8.09. The topological polar surface area (TPSA) is 180 Å². The van der Waals surface area contributed by atoms with Crippen molar-refractivity contribution in [2.45, 2.75) is 32.6 Å². The lowest BCUT2D eigenvalue weighted by molar-refractivity contribution is -0.403. The van der Waals surface area contributed by atoms with Crippen molar-refractivity contribution in [3.05, 3.63) is 125 Å². The lowest BCUT2D eigenvalue weighted by atomic mass is 9.93. The lowest BCUT2D eigenvalue weighted by Crippen LogP contribution is -2.71. The first-order valence-corrected chi connectivity index (χ1v) is 19.0. The number of benzene rings is 5. The number of rotatable bonds is 8. The van der Waals surface area contributed by atoms with Crippen LogP contribution >= 0.6 is 0 Å². The molecule has 2 aliphatic rings. The molecule has 1 aliphatic heterocycles. The smallest absolute Gasteiger partial charge is 0.318 e. The van der Waals surface area contributed by atoms with E-state index in [0.29, 0.717) is 33.4 Å². The molecule has 1 heterocycles. The molecule has 11 nitrogen and oxygen atoms in total. The number of anilines is 2. The second-order valence-electron chi connectivity index (χ2n) is 12.1. The third-order valence-corrected chi connectivity index (χ3v) is 9.70. The van der Waals surface area contributed by atoms with Crippen LogP contribution in [0.1, 0.15) is 22.3 Å². The Hall–Kier alpha value is -5.34. The van der Waals surface area contributed by atoms with Gasteiger partial charge in [-0.2, -0.15) is 0 Å². The number of hydrogen-bond acceptors (Lipinski definition) is 8. The van der Waals surface area contributed by atoms with Crippen LogP contribution in [0.3, 0.4) is 0 Å². The Kier molecular flexibility index (Phi) is 10.8. The van der Waals surface area contributed by atoms with E-state index in [1.807, 2.05) is 48.5 Å². The number of hydrogen-bond donors (Lipinski definition) is 4. The van der Waals surface area contributed by atoms with Gasteiger partial charge in [0, 0.05) is 56.7 Å². The van der Waals surface area contributed by atoms with Crippen LogP contribution in [0, 0.1) is 27.7 Å². The Bertz CT molecular complexity index is 2500. The highest BCUT2D eigenvalue weighted by molar-refractivity contribution is 7.88. The third kappa shape index (κ3) is 8.88. The molecule has 6 rings (SSSR count). The average Bonchev–Trinajstić information content (AvgIpc) is 3.06. The Balaban J connectivity index is 0.000000496. The van der Waals surface area contributed by atoms with Gasteiger partial charge in [-0.05, 0) is 63.1 Å². The van der Waals surface area contributed by atoms with E-state index in [1.165, 1.54) is 6.07 Å². The van der Waals surface area contributed by atoms with Crippen molar-refractivity contribution in [3.63, 3.8) is 0 Å². The van der Waals surface area contributed by atoms with Crippen molar-refractivity contribution >= 4 is 54.1 Å². The summed E-state index contributed by atoms with van der Waals surface area (Å²) in [6, 6.07) is 30.1. The Morgan fingerprint density at radius 1 is 0.784 bits per heavy atom. The molecule has 0 spiro atoms. The maximum Gasteiger partial charge on any atom is 0.318 e. The maximum absolute atomic E-state index is 12.3. The van der Waals surface area contributed by atoms with Gasteiger partial charge in [-0.15, -0.1) is 0 Å². The second-order valence-corrected chi connectivity index (χ2v) is 15.3. The van der Waals surface area contributed by atoms with E-state index in [1.54, 1.807) is 22.9 Å². The van der Waals surface area contributed by atoms with Crippen LogP contribution in [0.5, 0.6) is 0 Å². The molecule has 0 saturated carbocycles. The molecule has 13 heteroatoms. The van der Waals surface area contributed by atoms with Crippen LogP contribution in [-0.4, -0.2) is 45.3 Å². The van der Waals surface area contributed by atoms with E-state index in [-0.39, 0.29) is 4.90 Å². The largest absolute Gasteiger partial charge is 0.744 e. The van der Waals surface area contributed by atoms with Crippen molar-refractivity contribution in [2.24, 2.45) is 0 Å². The van der Waals surface area contributed by atoms with E-state index < -0.39 is 32.7 Å². The summed E-state index contributed by atoms with van der Waals surface area (Å²) < 4.78 is 65.6. The van der Waals surface area contributed by atoms with E-state index in [0.717, 1.165) is 50.9 Å². The van der Waals surface area contributed by atoms with Crippen LogP contribution in [-0.2, 0) is 24.9 Å². The first-order valence-electron chi connectivity index (χ1n) is 15.7. The standard InChI is InChI=1S/C35H30N2O4S.C3H7NO4S/c1-21-9-7-10-22(2)34(21)36-25-15-17-27-30(19-25)41-31-20-26(37-35-23(3)11-8-12-24(35)4)16-18-28(31)33(27)29-13-5-6-14-32(29)42(38,39)40;1-9(7,8)4-2-3(5)6/h5-20,36H,1-4H3,(H,38,39,40);4H,2H2,1H3,(H,5,6). The molecule has 1 aliphatic carbocycles. The van der Waals surface area contributed by atoms with Gasteiger partial charge in [0.1, 0.15) is 28.0 Å². The number of carboxylic acids is 1. The normalized spacial score (nSPS) is 12.1. The Morgan fingerprint density at radius 3 is 2.00 bits per heavy atom. The van der Waals surface area contributed by atoms with Crippen LogP contribution in [0.2, 0.25) is 0 Å². The monoisotopic (exact) mass is 727 g/mol. The van der Waals surface area contributed by atoms with Gasteiger partial charge in [-0.3, -0.25) is 4.79 Å². The summed E-state index contributed by atoms with van der Waals surface area (Å²) in [4.78, 5) is 13.0. The fraction of sp³-hybridized carbons (Fsp3) is 0.158. The third-order valence-electron chi connectivity index (χ3n) is 8.13. The molecular weight excluding hydrogens is 691 g/mol. The quantitative estimate of drug-likeness (QED) is 0.124. The highest BCUT2D eigenvalue weighted by Gasteiger charge is 2.22. The Morgan fingerprint density at radius 2 is 1.41 bits per heavy atom. The van der Waals surface area contributed by atoms with Crippen molar-refractivity contribution < 1.29 is 40.7 Å². The number of para-hydroxylation sites is 2. The highest BCUT2D eigenvalue weighted by atomic mass is 32.2. The summed E-state index contributed by atoms with van der Waals surface area (Å²) in [5, 5.41) is 13.0. The zero-order valence-corrected chi connectivity index (χ0v) is 30.2. The fourth-order valence-electron chi connectivity index (χ4n) is 5.73. The summed E-state index contributed by atoms with van der Waals surface area (Å²) in [5.41, 5.74) is 9.52. The molecular formula is C38H37N3O8S2. The molecule has 0 fully saturated rings. The van der Waals surface area contributed by atoms with Crippen molar-refractivity contribution in [1.82, 2.24) is 4.72 Å². The molecule has 0 atom stereocenters. The minimum absolute atomic E-state index is 0.269. The van der Waals surface area contributed by atoms with Gasteiger partial charge in [0.05, 0.1) is 17.2 Å². The number of nitrogens with one attached hydrogen (secondary N) is 3. The second kappa shape index (κ2) is 14.9. The average molecular weight is 728 g/mol. The highest BCUT2D eigenvalue weighted by Crippen LogP contribution is 2.43. The zero-order chi connectivity index (χ0) is 37.1. The summed E-state index contributed by atoms with van der Waals surface area (Å²) >= 11 is 0. The number of aliphatic carboxylic acids is 1. The van der Waals surface area contributed by atoms with Crippen molar-refractivity contribution in [3.8, 4) is 22.5 Å². The molecule has 264 valence electrons. The van der Waals surface area contributed by atoms with Crippen LogP contribution in [0.4, 0.5) is 17.1 Å². The molecule has 0 unspecified atom stereocenters. The van der Waals surface area contributed by atoms with Crippen molar-refractivity contribution in [1.29, 1.82) is 0 Å². The SMILES string of the molecule is CS(=O)(=O)NCC(=O)O.Cc1cccc(C)c1Nc1ccc2c(-c3ccccc3S(=O)(=O)[O-])c3ccc(=[NH+]c4c(C)cccc4C)cc-3oc2c1. The van der Waals surface area contributed by atoms with Crippen LogP contribution in [0.15, 0.2) is 106 Å². The minimum atomic E-state index is -4.74. The van der Waals surface area contributed by atoms with E-state index in [4.69, 9.17) is 9.52 Å². The molecule has 4 aromatic carbocycles. The maximum atomic E-state index is 12.3. The number of fused-ring (bicyclic) bond motifs is 2. The van der Waals surface area contributed by atoms with Gasteiger partial charge >= 0.3 is 5.97 Å². The van der Waals surface area contributed by atoms with Crippen LogP contribution < -0.4 is 20.4 Å². The summed E-state index contributed by atoms with van der Waals surface area (Å²) in [6.07, 6.45) is 0.899. The number of aryl methyl sites for hydroxylation is 4. The van der Waals surface area contributed by atoms with Gasteiger partial charge in [0.2, 0.25) is 21.1 Å². The van der Waals surface area contributed by atoms with Gasteiger partial charge in [-0.25, -0.2) is 26.6 Å². The minimum Gasteiger partial charge on any atom is -0.744 e. The molecule has 51 heavy (non-hydrogen) atoms. The fourth-order valence-corrected chi connectivity index (χ4v) is 6.80. The van der Waals surface area contributed by atoms with E-state index >= 15 is 0 Å². The molecule has 0 aromatic heterocycles. The predicted octanol–water partition coefficient (Wildman–Crippen LogP) is 5.02. The Labute approximate surface area is 296 Å². The van der Waals surface area contributed by atoms with Crippen molar-refractivity contribution in [2.75, 3.05) is 18.1 Å². The molecule has 0 amide bonds. The number of carboxylic acid groups (broad SMARTS) is 1. The predicted molar refractivity (Wildman–Crippen MR) is 196 cm³/mol. The number of sulfonamides is 1. The molecule has 0 bridgehead atoms. The zero-order valence-electron chi connectivity index (χ0n) is 28.6. The van der Waals surface area contributed by atoms with Gasteiger partial charge in [0.15, 0.2) is 0 Å². The van der Waals surface area contributed by atoms with Gasteiger partial charge < -0.3 is 19.4 Å². The van der Waals surface area contributed by atoms with Gasteiger partial charge in [0.25, 0.3) is 0 Å². The first kappa shape index (κ1) is 36.9. The summed E-state index contributed by atoms with van der Waals surface area (Å²) in [5.74, 6) is -0.642. The van der Waals surface area contributed by atoms with E-state index in [9.17, 15) is 26.2 Å². The van der Waals surface area contributed by atoms with Crippen LogP contribution in [0.25, 0.3) is 33.4 Å². The molecule has 0 radical (unpaired) electrons. The van der Waals surface area contributed by atoms with Gasteiger partial charge in [-0.1, -0.05) is 54.6 Å². The first-order chi connectivity index (χ1) is 24.0. The van der Waals surface area contributed by atoms with E-state index in [2.05, 4.69) is 62.3 Å². The summed E-state index contributed by atoms with van der Waals surface area (Å²) in [6.45, 7) is 7.66. The number of carbonyl (C=O) groups is 1.